The standard InChI is InChI=1S/C14H10IN3O/c15-11-6-4-9(5-7-11)14-17-13(18-19-14)10-2-1-3-12(16)8-10/h1-8H,16H2. The number of rotatable bonds is 2. The third kappa shape index (κ3) is 2.60. The van der Waals surface area contributed by atoms with Gasteiger partial charge in [-0.2, -0.15) is 4.98 Å². The number of nitrogens with two attached hydrogens (primary N) is 1. The van der Waals surface area contributed by atoms with Gasteiger partial charge in [-0.15, -0.1) is 0 Å². The minimum absolute atomic E-state index is 0.508. The van der Waals surface area contributed by atoms with E-state index in [1.54, 1.807) is 0 Å². The molecule has 0 amide bonds. The summed E-state index contributed by atoms with van der Waals surface area (Å²) in [5.74, 6) is 1.05. The van der Waals surface area contributed by atoms with E-state index in [1.165, 1.54) is 0 Å². The van der Waals surface area contributed by atoms with Gasteiger partial charge in [0.05, 0.1) is 0 Å². The fraction of sp³-hybridized carbons (Fsp3) is 0. The van der Waals surface area contributed by atoms with E-state index < -0.39 is 0 Å². The van der Waals surface area contributed by atoms with Gasteiger partial charge in [-0.05, 0) is 59.0 Å². The topological polar surface area (TPSA) is 64.9 Å². The Morgan fingerprint density at radius 3 is 2.53 bits per heavy atom. The molecule has 0 spiro atoms. The van der Waals surface area contributed by atoms with Gasteiger partial charge in [0.1, 0.15) is 0 Å². The van der Waals surface area contributed by atoms with Gasteiger partial charge < -0.3 is 10.3 Å². The zero-order valence-corrected chi connectivity index (χ0v) is 12.0. The van der Waals surface area contributed by atoms with Crippen LogP contribution in [0.25, 0.3) is 22.8 Å². The number of hydrogen-bond donors (Lipinski definition) is 1. The zero-order chi connectivity index (χ0) is 13.2. The first-order valence-electron chi connectivity index (χ1n) is 5.68. The van der Waals surface area contributed by atoms with Crippen LogP contribution in [0.15, 0.2) is 53.1 Å². The van der Waals surface area contributed by atoms with Crippen LogP contribution in [0.4, 0.5) is 5.69 Å². The summed E-state index contributed by atoms with van der Waals surface area (Å²) in [7, 11) is 0. The molecule has 0 bridgehead atoms. The van der Waals surface area contributed by atoms with Crippen LogP contribution in [-0.4, -0.2) is 10.1 Å². The van der Waals surface area contributed by atoms with Crippen LogP contribution in [0.2, 0.25) is 0 Å². The van der Waals surface area contributed by atoms with Crippen LogP contribution < -0.4 is 5.73 Å². The Kier molecular flexibility index (Phi) is 3.20. The van der Waals surface area contributed by atoms with Crippen molar-refractivity contribution in [1.82, 2.24) is 10.1 Å². The molecule has 0 aliphatic carbocycles. The molecule has 0 unspecified atom stereocenters. The van der Waals surface area contributed by atoms with Crippen LogP contribution in [0, 0.1) is 3.57 Å². The molecular weight excluding hydrogens is 353 g/mol. The van der Waals surface area contributed by atoms with Gasteiger partial charge in [-0.1, -0.05) is 17.3 Å². The lowest BCUT2D eigenvalue weighted by atomic mass is 10.2. The summed E-state index contributed by atoms with van der Waals surface area (Å²) in [6.07, 6.45) is 0. The monoisotopic (exact) mass is 363 g/mol. The molecule has 0 fully saturated rings. The Hall–Kier alpha value is -1.89. The van der Waals surface area contributed by atoms with E-state index in [-0.39, 0.29) is 0 Å². The highest BCUT2D eigenvalue weighted by molar-refractivity contribution is 14.1. The molecule has 94 valence electrons. The summed E-state index contributed by atoms with van der Waals surface area (Å²) in [6, 6.07) is 15.3. The van der Waals surface area contributed by atoms with Crippen molar-refractivity contribution in [2.24, 2.45) is 0 Å². The summed E-state index contributed by atoms with van der Waals surface area (Å²) >= 11 is 2.25. The van der Waals surface area contributed by atoms with Crippen LogP contribution in [0.5, 0.6) is 0 Å². The molecule has 3 rings (SSSR count). The van der Waals surface area contributed by atoms with Crippen molar-refractivity contribution in [2.75, 3.05) is 5.73 Å². The molecule has 2 aromatic carbocycles. The number of benzene rings is 2. The summed E-state index contributed by atoms with van der Waals surface area (Å²) < 4.78 is 6.44. The van der Waals surface area contributed by atoms with E-state index in [0.29, 0.717) is 17.4 Å². The van der Waals surface area contributed by atoms with Crippen LogP contribution in [0.3, 0.4) is 0 Å². The molecule has 2 N–H and O–H groups in total. The van der Waals surface area contributed by atoms with Gasteiger partial charge in [-0.3, -0.25) is 0 Å². The fourth-order valence-corrected chi connectivity index (χ4v) is 2.09. The highest BCUT2D eigenvalue weighted by Crippen LogP contribution is 2.23. The Balaban J connectivity index is 1.97. The lowest BCUT2D eigenvalue weighted by Gasteiger charge is -1.95. The fourth-order valence-electron chi connectivity index (χ4n) is 1.73. The third-order valence-electron chi connectivity index (χ3n) is 2.66. The number of anilines is 1. The first-order valence-corrected chi connectivity index (χ1v) is 6.76. The highest BCUT2D eigenvalue weighted by atomic mass is 127. The first-order chi connectivity index (χ1) is 9.22. The lowest BCUT2D eigenvalue weighted by molar-refractivity contribution is 0.432. The van der Waals surface area contributed by atoms with Gasteiger partial charge in [0, 0.05) is 20.4 Å². The molecule has 0 aliphatic heterocycles. The number of nitrogen functional groups attached to an aromatic ring is 1. The van der Waals surface area contributed by atoms with E-state index >= 15 is 0 Å². The molecule has 0 saturated carbocycles. The van der Waals surface area contributed by atoms with E-state index in [0.717, 1.165) is 14.7 Å². The maximum absolute atomic E-state index is 5.74. The predicted molar refractivity (Wildman–Crippen MR) is 82.3 cm³/mol. The summed E-state index contributed by atoms with van der Waals surface area (Å²) in [5.41, 5.74) is 8.18. The highest BCUT2D eigenvalue weighted by Gasteiger charge is 2.10. The summed E-state index contributed by atoms with van der Waals surface area (Å²) in [5, 5.41) is 3.98. The SMILES string of the molecule is Nc1cccc(-c2noc(-c3ccc(I)cc3)n2)c1. The van der Waals surface area contributed by atoms with Crippen molar-refractivity contribution in [2.45, 2.75) is 0 Å². The smallest absolute Gasteiger partial charge is 0.258 e. The quantitative estimate of drug-likeness (QED) is 0.558. The van der Waals surface area contributed by atoms with Crippen LogP contribution >= 0.6 is 22.6 Å². The van der Waals surface area contributed by atoms with Crippen molar-refractivity contribution in [1.29, 1.82) is 0 Å². The number of nitrogens with zero attached hydrogens (tertiary/aromatic N) is 2. The maximum atomic E-state index is 5.74. The normalized spacial score (nSPS) is 10.6. The second-order valence-corrected chi connectivity index (χ2v) is 5.30. The van der Waals surface area contributed by atoms with Crippen molar-refractivity contribution in [3.63, 3.8) is 0 Å². The Morgan fingerprint density at radius 1 is 1.00 bits per heavy atom. The van der Waals surface area contributed by atoms with E-state index in [4.69, 9.17) is 10.3 Å². The third-order valence-corrected chi connectivity index (χ3v) is 3.38. The minimum atomic E-state index is 0.508. The Morgan fingerprint density at radius 2 is 1.79 bits per heavy atom. The van der Waals surface area contributed by atoms with Crippen LogP contribution in [-0.2, 0) is 0 Å². The van der Waals surface area contributed by atoms with Gasteiger partial charge in [-0.25, -0.2) is 0 Å². The van der Waals surface area contributed by atoms with E-state index in [2.05, 4.69) is 32.7 Å². The predicted octanol–water partition coefficient (Wildman–Crippen LogP) is 3.59. The second kappa shape index (κ2) is 5.00. The molecule has 1 heterocycles. The largest absolute Gasteiger partial charge is 0.399 e. The molecule has 0 aliphatic rings. The van der Waals surface area contributed by atoms with Gasteiger partial charge in [0.25, 0.3) is 5.89 Å². The Bertz CT molecular complexity index is 707. The molecule has 1 aromatic heterocycles. The van der Waals surface area contributed by atoms with Crippen LogP contribution in [0.1, 0.15) is 0 Å². The van der Waals surface area contributed by atoms with Crippen molar-refractivity contribution >= 4 is 28.3 Å². The summed E-state index contributed by atoms with van der Waals surface area (Å²) in [6.45, 7) is 0. The van der Waals surface area contributed by atoms with E-state index in [1.807, 2.05) is 48.5 Å². The maximum Gasteiger partial charge on any atom is 0.258 e. The summed E-state index contributed by atoms with van der Waals surface area (Å²) in [4.78, 5) is 4.39. The Labute approximate surface area is 123 Å². The number of halogens is 1. The second-order valence-electron chi connectivity index (χ2n) is 4.06. The molecule has 3 aromatic rings. The van der Waals surface area contributed by atoms with E-state index in [9.17, 15) is 0 Å². The number of hydrogen-bond acceptors (Lipinski definition) is 4. The molecule has 5 heteroatoms. The number of aromatic nitrogens is 2. The van der Waals surface area contributed by atoms with Gasteiger partial charge >= 0.3 is 0 Å². The molecule has 0 atom stereocenters. The first kappa shape index (κ1) is 12.2. The molecule has 0 saturated heterocycles. The lowest BCUT2D eigenvalue weighted by Crippen LogP contribution is -1.86. The molecule has 19 heavy (non-hydrogen) atoms. The van der Waals surface area contributed by atoms with Crippen molar-refractivity contribution in [3.05, 3.63) is 52.1 Å². The minimum Gasteiger partial charge on any atom is -0.399 e. The van der Waals surface area contributed by atoms with Gasteiger partial charge in [0.2, 0.25) is 5.82 Å². The molecule has 4 nitrogen and oxygen atoms in total. The average molecular weight is 363 g/mol. The molecule has 0 radical (unpaired) electrons. The molecular formula is C14H10IN3O. The zero-order valence-electron chi connectivity index (χ0n) is 9.88. The van der Waals surface area contributed by atoms with Gasteiger partial charge in [0.15, 0.2) is 0 Å². The average Bonchev–Trinajstić information content (AvgIpc) is 2.89. The van der Waals surface area contributed by atoms with Crippen molar-refractivity contribution in [3.8, 4) is 22.8 Å². The van der Waals surface area contributed by atoms with Crippen molar-refractivity contribution < 1.29 is 4.52 Å².